The van der Waals surface area contributed by atoms with Crippen LogP contribution in [0.25, 0.3) is 0 Å². The second kappa shape index (κ2) is 8.47. The number of ether oxygens (including phenoxy) is 3. The van der Waals surface area contributed by atoms with Crippen LogP contribution in [0.5, 0.6) is 0 Å². The van der Waals surface area contributed by atoms with E-state index in [1.165, 1.54) is 19.9 Å². The highest BCUT2D eigenvalue weighted by Crippen LogP contribution is 2.69. The number of carbonyl (C=O) groups excluding carboxylic acids is 3. The highest BCUT2D eigenvalue weighted by molar-refractivity contribution is 5.91. The lowest BCUT2D eigenvalue weighted by Gasteiger charge is -2.50. The summed E-state index contributed by atoms with van der Waals surface area (Å²) in [6.45, 7) is 8.78. The number of ketones is 1. The Hall–Kier alpha value is -2.55. The van der Waals surface area contributed by atoms with Crippen LogP contribution in [0.1, 0.15) is 46.6 Å². The van der Waals surface area contributed by atoms with E-state index in [0.29, 0.717) is 12.8 Å². The molecule has 1 aromatic carbocycles. The van der Waals surface area contributed by atoms with Gasteiger partial charge in [-0.1, -0.05) is 44.2 Å². The number of aliphatic hydroxyl groups is 1. The molecule has 38 heavy (non-hydrogen) atoms. The molecule has 2 N–H and O–H groups in total. The van der Waals surface area contributed by atoms with Crippen LogP contribution in [-0.2, 0) is 35.0 Å². The van der Waals surface area contributed by atoms with Crippen molar-refractivity contribution in [2.45, 2.75) is 89.1 Å². The molecule has 204 valence electrons. The van der Waals surface area contributed by atoms with Crippen molar-refractivity contribution in [3.05, 3.63) is 48.0 Å². The summed E-state index contributed by atoms with van der Waals surface area (Å²) in [6, 6.07) is 9.80. The van der Waals surface area contributed by atoms with Gasteiger partial charge in [0.25, 0.3) is 0 Å². The average Bonchev–Trinajstić information content (AvgIpc) is 3.74. The fourth-order valence-corrected chi connectivity index (χ4v) is 8.09. The van der Waals surface area contributed by atoms with Gasteiger partial charge in [0.2, 0.25) is 5.91 Å². The Bertz CT molecular complexity index is 1200. The number of nitrogens with one attached hydrogen (secondary N) is 1. The number of fused-ring (bicyclic) bond motifs is 4. The van der Waals surface area contributed by atoms with Crippen LogP contribution in [-0.4, -0.2) is 64.4 Å². The van der Waals surface area contributed by atoms with E-state index < -0.39 is 34.6 Å². The number of esters is 1. The molecular weight excluding hydrogens is 486 g/mol. The monoisotopic (exact) mass is 523 g/mol. The minimum atomic E-state index is -1.78. The molecule has 6 rings (SSSR count). The Morgan fingerprint density at radius 3 is 2.55 bits per heavy atom. The molecule has 4 fully saturated rings. The summed E-state index contributed by atoms with van der Waals surface area (Å²) >= 11 is 0. The highest BCUT2D eigenvalue weighted by Gasteiger charge is 2.82. The van der Waals surface area contributed by atoms with Crippen molar-refractivity contribution in [1.82, 2.24) is 5.32 Å². The van der Waals surface area contributed by atoms with Gasteiger partial charge in [0.1, 0.15) is 17.1 Å². The summed E-state index contributed by atoms with van der Waals surface area (Å²) in [5.41, 5.74) is -2.30. The number of hydrogen-bond acceptors (Lipinski definition) is 7. The Labute approximate surface area is 223 Å². The van der Waals surface area contributed by atoms with Crippen LogP contribution >= 0.6 is 0 Å². The molecule has 1 aromatic rings. The first kappa shape index (κ1) is 25.7. The fraction of sp³-hybridized carbons (Fsp3) is 0.633. The number of amides is 1. The minimum Gasteiger partial charge on any atom is -0.457 e. The average molecular weight is 524 g/mol. The maximum Gasteiger partial charge on any atom is 0.303 e. The van der Waals surface area contributed by atoms with E-state index in [-0.39, 0.29) is 53.8 Å². The van der Waals surface area contributed by atoms with E-state index in [1.807, 2.05) is 30.3 Å². The summed E-state index contributed by atoms with van der Waals surface area (Å²) in [5.74, 6) is -2.17. The number of rotatable bonds is 3. The third-order valence-electron chi connectivity index (χ3n) is 10.1. The number of benzene rings is 1. The van der Waals surface area contributed by atoms with Crippen molar-refractivity contribution in [3.8, 4) is 0 Å². The SMILES string of the molecule is CC(=O)O[C@@H]1C=C[C@@](C)(O)C(=O)[C@@H](C)C[C@H]2O[C@@H]2[C@H]2[C@@H]3O[C@]3(C)[C@@H](C)[C@H]3[C@H](Cc4ccccc4)NC(=O)[C@]321. The van der Waals surface area contributed by atoms with Gasteiger partial charge in [0, 0.05) is 30.7 Å². The molecule has 0 bridgehead atoms. The van der Waals surface area contributed by atoms with Gasteiger partial charge in [-0.15, -0.1) is 0 Å². The zero-order valence-corrected chi connectivity index (χ0v) is 22.5. The lowest BCUT2D eigenvalue weighted by Crippen LogP contribution is -2.62. The lowest BCUT2D eigenvalue weighted by atomic mass is 9.50. The molecule has 3 aliphatic heterocycles. The molecule has 5 aliphatic rings. The van der Waals surface area contributed by atoms with Crippen molar-refractivity contribution in [3.63, 3.8) is 0 Å². The first-order valence-corrected chi connectivity index (χ1v) is 13.7. The van der Waals surface area contributed by atoms with Gasteiger partial charge >= 0.3 is 5.97 Å². The van der Waals surface area contributed by atoms with Crippen molar-refractivity contribution < 1.29 is 33.7 Å². The molecule has 1 saturated carbocycles. The van der Waals surface area contributed by atoms with Crippen LogP contribution in [0.3, 0.4) is 0 Å². The van der Waals surface area contributed by atoms with E-state index in [4.69, 9.17) is 14.2 Å². The molecule has 0 unspecified atom stereocenters. The standard InChI is InChI=1S/C30H37NO7/c1-15-13-20-24(37-20)23-26-29(5,38-26)16(2)22-19(14-18-9-7-6-8-10-18)31-27(34)30(22,23)21(36-17(3)32)11-12-28(4,35)25(15)33/h6-12,15-16,19-24,26,35H,13-14H2,1-5H3,(H,31,34)/t15-,16-,19-,20+,21+,22-,23-,24-,26-,28+,29+,30+/m0/s1. The third-order valence-corrected chi connectivity index (χ3v) is 10.1. The summed E-state index contributed by atoms with van der Waals surface area (Å²) in [5, 5.41) is 14.4. The lowest BCUT2D eigenvalue weighted by molar-refractivity contribution is -0.166. The maximum atomic E-state index is 14.4. The molecule has 12 atom stereocenters. The van der Waals surface area contributed by atoms with Crippen molar-refractivity contribution in [2.75, 3.05) is 0 Å². The van der Waals surface area contributed by atoms with E-state index in [2.05, 4.69) is 19.2 Å². The van der Waals surface area contributed by atoms with Gasteiger partial charge in [-0.3, -0.25) is 14.4 Å². The van der Waals surface area contributed by atoms with Gasteiger partial charge in [0.15, 0.2) is 5.78 Å². The molecule has 8 nitrogen and oxygen atoms in total. The third kappa shape index (κ3) is 3.63. The molecule has 8 heteroatoms. The van der Waals surface area contributed by atoms with Gasteiger partial charge in [0.05, 0.1) is 23.9 Å². The molecule has 1 amide bonds. The zero-order valence-electron chi connectivity index (χ0n) is 22.5. The zero-order chi connectivity index (χ0) is 27.2. The predicted molar refractivity (Wildman–Crippen MR) is 137 cm³/mol. The number of hydrogen-bond donors (Lipinski definition) is 2. The number of carbonyl (C=O) groups is 3. The van der Waals surface area contributed by atoms with Gasteiger partial charge < -0.3 is 24.6 Å². The first-order chi connectivity index (χ1) is 17.9. The number of epoxide rings is 2. The number of Topliss-reactive ketones (excluding diaryl/α,β-unsaturated/α-hetero) is 1. The Balaban J connectivity index is 1.53. The van der Waals surface area contributed by atoms with E-state index >= 15 is 0 Å². The molecule has 0 aromatic heterocycles. The van der Waals surface area contributed by atoms with Crippen molar-refractivity contribution in [2.24, 2.45) is 29.1 Å². The first-order valence-electron chi connectivity index (χ1n) is 13.7. The van der Waals surface area contributed by atoms with Gasteiger partial charge in [-0.25, -0.2) is 0 Å². The normalized spacial score (nSPS) is 48.9. The highest BCUT2D eigenvalue weighted by atomic mass is 16.6. The second-order valence-electron chi connectivity index (χ2n) is 12.4. The van der Waals surface area contributed by atoms with Crippen LogP contribution in [0.15, 0.2) is 42.5 Å². The van der Waals surface area contributed by atoms with Crippen LogP contribution in [0.2, 0.25) is 0 Å². The Kier molecular flexibility index (Phi) is 5.73. The van der Waals surface area contributed by atoms with E-state index in [1.54, 1.807) is 13.0 Å². The van der Waals surface area contributed by atoms with Crippen LogP contribution in [0, 0.1) is 29.1 Å². The van der Waals surface area contributed by atoms with Crippen molar-refractivity contribution in [1.29, 1.82) is 0 Å². The maximum absolute atomic E-state index is 14.4. The molecule has 1 spiro atoms. The van der Waals surface area contributed by atoms with Crippen molar-refractivity contribution >= 4 is 17.7 Å². The summed E-state index contributed by atoms with van der Waals surface area (Å²) in [4.78, 5) is 40.1. The summed E-state index contributed by atoms with van der Waals surface area (Å²) < 4.78 is 18.6. The smallest absolute Gasteiger partial charge is 0.303 e. The molecule has 0 radical (unpaired) electrons. The fourth-order valence-electron chi connectivity index (χ4n) is 8.09. The van der Waals surface area contributed by atoms with Gasteiger partial charge in [-0.2, -0.15) is 0 Å². The molecule has 2 aliphatic carbocycles. The quantitative estimate of drug-likeness (QED) is 0.355. The van der Waals surface area contributed by atoms with Gasteiger partial charge in [-0.05, 0) is 50.3 Å². The predicted octanol–water partition coefficient (Wildman–Crippen LogP) is 2.37. The van der Waals surface area contributed by atoms with E-state index in [0.717, 1.165) is 5.56 Å². The van der Waals surface area contributed by atoms with E-state index in [9.17, 15) is 19.5 Å². The molecular formula is C30H37NO7. The summed E-state index contributed by atoms with van der Waals surface area (Å²) in [7, 11) is 0. The second-order valence-corrected chi connectivity index (χ2v) is 12.4. The topological polar surface area (TPSA) is 118 Å². The Morgan fingerprint density at radius 1 is 1.16 bits per heavy atom. The van der Waals surface area contributed by atoms with Crippen LogP contribution in [0.4, 0.5) is 0 Å². The largest absolute Gasteiger partial charge is 0.457 e. The summed E-state index contributed by atoms with van der Waals surface area (Å²) in [6.07, 6.45) is 2.22. The minimum absolute atomic E-state index is 0.0359. The molecule has 3 heterocycles. The van der Waals surface area contributed by atoms with Crippen LogP contribution < -0.4 is 5.32 Å². The Morgan fingerprint density at radius 2 is 1.87 bits per heavy atom. The molecule has 3 saturated heterocycles.